The van der Waals surface area contributed by atoms with E-state index in [4.69, 9.17) is 0 Å². The number of rotatable bonds is 8. The van der Waals surface area contributed by atoms with E-state index in [0.29, 0.717) is 0 Å². The molecule has 0 saturated heterocycles. The zero-order valence-corrected chi connectivity index (χ0v) is 44.3. The van der Waals surface area contributed by atoms with Crippen molar-refractivity contribution in [1.82, 2.24) is 0 Å². The standard InChI is InChI=1S/C76H56N2/c1-75(2)67-45-51(37-41-59(67)61-43-39-55(47-69(61)75)77(53-25-7-5-8-26-53)71-35-19-23-49-21-11-13-29-57(49)71)73-63-31-15-17-33-65(63)74(66-34-18-16-32-64(66)73)52-38-42-60-62-44-40-56(48-70(62)76(3,4)68(60)46-52)78(54-27-9-6-10-28-54)72-36-20-24-50-22-12-14-30-58(50)72/h5-48H,1-4H3. The highest BCUT2D eigenvalue weighted by Gasteiger charge is 2.39. The lowest BCUT2D eigenvalue weighted by molar-refractivity contribution is 0.660. The second kappa shape index (κ2) is 17.5. The van der Waals surface area contributed by atoms with E-state index >= 15 is 0 Å². The Kier molecular flexibility index (Phi) is 10.3. The fourth-order valence-corrected chi connectivity index (χ4v) is 13.6. The zero-order chi connectivity index (χ0) is 52.3. The average molecular weight is 997 g/mol. The van der Waals surface area contributed by atoms with Gasteiger partial charge in [-0.25, -0.2) is 0 Å². The minimum Gasteiger partial charge on any atom is -0.310 e. The lowest BCUT2D eigenvalue weighted by Crippen LogP contribution is -2.17. The first-order valence-corrected chi connectivity index (χ1v) is 27.4. The molecule has 0 amide bonds. The van der Waals surface area contributed by atoms with Crippen LogP contribution in [0.4, 0.5) is 34.1 Å². The molecular formula is C76H56N2. The molecule has 0 aromatic heterocycles. The Morgan fingerprint density at radius 2 is 0.551 bits per heavy atom. The van der Waals surface area contributed by atoms with Crippen molar-refractivity contribution in [3.63, 3.8) is 0 Å². The first-order chi connectivity index (χ1) is 38.2. The van der Waals surface area contributed by atoms with Gasteiger partial charge in [0.1, 0.15) is 0 Å². The van der Waals surface area contributed by atoms with Crippen LogP contribution in [-0.4, -0.2) is 0 Å². The van der Waals surface area contributed by atoms with Crippen molar-refractivity contribution in [2.24, 2.45) is 0 Å². The van der Waals surface area contributed by atoms with Crippen molar-refractivity contribution in [2.45, 2.75) is 38.5 Å². The molecule has 78 heavy (non-hydrogen) atoms. The van der Waals surface area contributed by atoms with E-state index in [2.05, 4.69) is 304 Å². The third kappa shape index (κ3) is 6.96. The highest BCUT2D eigenvalue weighted by Crippen LogP contribution is 2.56. The molecule has 15 rings (SSSR count). The molecular weight excluding hydrogens is 941 g/mol. The van der Waals surface area contributed by atoms with E-state index in [9.17, 15) is 0 Å². The molecule has 2 heteroatoms. The molecule has 0 radical (unpaired) electrons. The normalized spacial score (nSPS) is 13.6. The lowest BCUT2D eigenvalue weighted by Gasteiger charge is -2.29. The number of para-hydroxylation sites is 2. The summed E-state index contributed by atoms with van der Waals surface area (Å²) < 4.78 is 0. The molecule has 370 valence electrons. The van der Waals surface area contributed by atoms with E-state index in [1.807, 2.05) is 0 Å². The van der Waals surface area contributed by atoms with Crippen LogP contribution in [0.2, 0.25) is 0 Å². The minimum atomic E-state index is -0.255. The summed E-state index contributed by atoms with van der Waals surface area (Å²) >= 11 is 0. The van der Waals surface area contributed by atoms with E-state index < -0.39 is 0 Å². The molecule has 2 aliphatic rings. The summed E-state index contributed by atoms with van der Waals surface area (Å²) in [7, 11) is 0. The van der Waals surface area contributed by atoms with E-state index in [1.165, 1.54) is 121 Å². The monoisotopic (exact) mass is 996 g/mol. The molecule has 0 atom stereocenters. The van der Waals surface area contributed by atoms with Gasteiger partial charge >= 0.3 is 0 Å². The average Bonchev–Trinajstić information content (AvgIpc) is 4.03. The van der Waals surface area contributed by atoms with Crippen LogP contribution < -0.4 is 9.80 Å². The molecule has 0 N–H and O–H groups in total. The van der Waals surface area contributed by atoms with Crippen molar-refractivity contribution >= 4 is 77.2 Å². The summed E-state index contributed by atoms with van der Waals surface area (Å²) in [6.07, 6.45) is 0. The number of benzene rings is 13. The predicted octanol–water partition coefficient (Wildman–Crippen LogP) is 21.2. The van der Waals surface area contributed by atoms with E-state index in [1.54, 1.807) is 0 Å². The predicted molar refractivity (Wildman–Crippen MR) is 332 cm³/mol. The topological polar surface area (TPSA) is 6.48 Å². The molecule has 0 bridgehead atoms. The maximum Gasteiger partial charge on any atom is 0.0540 e. The van der Waals surface area contributed by atoms with Crippen LogP contribution in [-0.2, 0) is 10.8 Å². The second-order valence-electron chi connectivity index (χ2n) is 22.4. The molecule has 0 fully saturated rings. The zero-order valence-electron chi connectivity index (χ0n) is 44.3. The SMILES string of the molecule is CC1(C)c2cc(-c3c4ccccc4c(-c4ccc5c(c4)C(C)(C)c4cc(N(c6ccccc6)c6cccc7ccccc67)ccc4-5)c4ccccc34)ccc2-c2ccc(N(c3ccccc3)c3cccc4ccccc34)cc21. The van der Waals surface area contributed by atoms with Crippen molar-refractivity contribution in [2.75, 3.05) is 9.80 Å². The Morgan fingerprint density at radius 3 is 0.936 bits per heavy atom. The summed E-state index contributed by atoms with van der Waals surface area (Å²) in [6.45, 7) is 9.64. The first kappa shape index (κ1) is 45.9. The number of fused-ring (bicyclic) bond motifs is 10. The van der Waals surface area contributed by atoms with Gasteiger partial charge in [0.25, 0.3) is 0 Å². The van der Waals surface area contributed by atoms with Crippen LogP contribution >= 0.6 is 0 Å². The maximum absolute atomic E-state index is 2.51. The van der Waals surface area contributed by atoms with E-state index in [-0.39, 0.29) is 10.8 Å². The van der Waals surface area contributed by atoms with Gasteiger partial charge in [0.05, 0.1) is 11.4 Å². The molecule has 13 aromatic carbocycles. The molecule has 2 aliphatic carbocycles. The van der Waals surface area contributed by atoms with Gasteiger partial charge in [-0.05, 0) is 172 Å². The summed E-state index contributed by atoms with van der Waals surface area (Å²) in [5.41, 5.74) is 22.1. The lowest BCUT2D eigenvalue weighted by atomic mass is 9.79. The highest BCUT2D eigenvalue weighted by atomic mass is 15.1. The Balaban J connectivity index is 0.827. The Labute approximate surface area is 456 Å². The summed E-state index contributed by atoms with van der Waals surface area (Å²) in [4.78, 5) is 4.86. The van der Waals surface area contributed by atoms with Crippen LogP contribution in [0.3, 0.4) is 0 Å². The van der Waals surface area contributed by atoms with Gasteiger partial charge < -0.3 is 9.80 Å². The quantitative estimate of drug-likeness (QED) is 0.140. The summed E-state index contributed by atoms with van der Waals surface area (Å²) in [5.74, 6) is 0. The van der Waals surface area contributed by atoms with Gasteiger partial charge in [-0.15, -0.1) is 0 Å². The third-order valence-corrected chi connectivity index (χ3v) is 17.4. The van der Waals surface area contributed by atoms with Gasteiger partial charge in [0.15, 0.2) is 0 Å². The number of nitrogens with zero attached hydrogens (tertiary/aromatic N) is 2. The molecule has 13 aromatic rings. The van der Waals surface area contributed by atoms with Gasteiger partial charge in [0, 0.05) is 44.4 Å². The Hall–Kier alpha value is -9.50. The van der Waals surface area contributed by atoms with Crippen LogP contribution in [0.1, 0.15) is 49.9 Å². The molecule has 0 unspecified atom stereocenters. The van der Waals surface area contributed by atoms with Crippen molar-refractivity contribution in [3.05, 3.63) is 289 Å². The molecule has 0 saturated carbocycles. The van der Waals surface area contributed by atoms with Crippen LogP contribution in [0, 0.1) is 0 Å². The number of hydrogen-bond acceptors (Lipinski definition) is 2. The van der Waals surface area contributed by atoms with Crippen LogP contribution in [0.15, 0.2) is 267 Å². The summed E-state index contributed by atoms with van der Waals surface area (Å²) in [6, 6.07) is 99.3. The molecule has 0 spiro atoms. The minimum absolute atomic E-state index is 0.255. The van der Waals surface area contributed by atoms with Crippen molar-refractivity contribution < 1.29 is 0 Å². The fraction of sp³-hybridized carbons (Fsp3) is 0.0789. The van der Waals surface area contributed by atoms with Gasteiger partial charge in [-0.3, -0.25) is 0 Å². The fourth-order valence-electron chi connectivity index (χ4n) is 13.6. The van der Waals surface area contributed by atoms with Gasteiger partial charge in [-0.2, -0.15) is 0 Å². The largest absolute Gasteiger partial charge is 0.310 e. The highest BCUT2D eigenvalue weighted by molar-refractivity contribution is 6.21. The summed E-state index contributed by atoms with van der Waals surface area (Å²) in [5, 5.41) is 9.96. The van der Waals surface area contributed by atoms with E-state index in [0.717, 1.165) is 22.7 Å². The maximum atomic E-state index is 2.51. The third-order valence-electron chi connectivity index (χ3n) is 17.4. The number of anilines is 6. The molecule has 0 aliphatic heterocycles. The Morgan fingerprint density at radius 1 is 0.244 bits per heavy atom. The molecule has 2 nitrogen and oxygen atoms in total. The smallest absolute Gasteiger partial charge is 0.0540 e. The van der Waals surface area contributed by atoms with Gasteiger partial charge in [0.2, 0.25) is 0 Å². The Bertz CT molecular complexity index is 4210. The second-order valence-corrected chi connectivity index (χ2v) is 22.4. The first-order valence-electron chi connectivity index (χ1n) is 27.4. The van der Waals surface area contributed by atoms with Crippen LogP contribution in [0.25, 0.3) is 87.6 Å². The molecule has 0 heterocycles. The van der Waals surface area contributed by atoms with Crippen molar-refractivity contribution in [3.8, 4) is 44.5 Å². The number of hydrogen-bond donors (Lipinski definition) is 0. The van der Waals surface area contributed by atoms with Crippen molar-refractivity contribution in [1.29, 1.82) is 0 Å². The van der Waals surface area contributed by atoms with Crippen LogP contribution in [0.5, 0.6) is 0 Å². The van der Waals surface area contributed by atoms with Gasteiger partial charge in [-0.1, -0.05) is 222 Å².